The number of nitrogens with zero attached hydrogens (tertiary/aromatic N) is 1. The first-order valence-electron chi connectivity index (χ1n) is 5.44. The van der Waals surface area contributed by atoms with E-state index < -0.39 is 0 Å². The number of ether oxygens (including phenoxy) is 1. The van der Waals surface area contributed by atoms with Gasteiger partial charge in [0, 0.05) is 13.2 Å². The molecule has 6 heteroatoms. The summed E-state index contributed by atoms with van der Waals surface area (Å²) < 4.78 is 5.94. The molecule has 17 heavy (non-hydrogen) atoms. The first-order valence-corrected chi connectivity index (χ1v) is 6.61. The van der Waals surface area contributed by atoms with E-state index in [-0.39, 0.29) is 6.04 Å². The minimum absolute atomic E-state index is 0.235. The largest absolute Gasteiger partial charge is 0.383 e. The molecule has 0 bridgehead atoms. The van der Waals surface area contributed by atoms with Crippen LogP contribution in [0, 0.1) is 0 Å². The lowest BCUT2D eigenvalue weighted by atomic mass is 10.1. The molecule has 0 aromatic carbocycles. The zero-order valence-corrected chi connectivity index (χ0v) is 12.1. The van der Waals surface area contributed by atoms with Crippen LogP contribution in [0.5, 0.6) is 0 Å². The summed E-state index contributed by atoms with van der Waals surface area (Å²) in [6, 6.07) is 2.14. The highest BCUT2D eigenvalue weighted by Crippen LogP contribution is 2.23. The molecule has 0 aliphatic heterocycles. The van der Waals surface area contributed by atoms with E-state index in [1.54, 1.807) is 13.3 Å². The van der Waals surface area contributed by atoms with Gasteiger partial charge < -0.3 is 15.8 Å². The third-order valence-corrected chi connectivity index (χ3v) is 3.43. The molecule has 1 aromatic rings. The van der Waals surface area contributed by atoms with Crippen molar-refractivity contribution in [3.8, 4) is 0 Å². The predicted octanol–water partition coefficient (Wildman–Crippen LogP) is 2.66. The standard InChI is InChI=1S/C11H17BrClN3O/c1-17-7-8(3-2-4-14)16-9-5-10(12)11(13)15-6-9/h5-6,8,16H,2-4,7,14H2,1H3. The molecule has 0 amide bonds. The van der Waals surface area contributed by atoms with E-state index in [1.807, 2.05) is 6.07 Å². The average Bonchev–Trinajstić information content (AvgIpc) is 2.31. The number of halogens is 2. The molecule has 1 aromatic heterocycles. The van der Waals surface area contributed by atoms with Crippen molar-refractivity contribution in [2.24, 2.45) is 5.73 Å². The molecule has 0 radical (unpaired) electrons. The SMILES string of the molecule is COCC(CCCN)Nc1cnc(Cl)c(Br)c1. The number of rotatable bonds is 7. The predicted molar refractivity (Wildman–Crippen MR) is 74.5 cm³/mol. The fourth-order valence-corrected chi connectivity index (χ4v) is 1.95. The molecular weight excluding hydrogens is 305 g/mol. The van der Waals surface area contributed by atoms with Crippen LogP contribution in [0.25, 0.3) is 0 Å². The molecule has 4 nitrogen and oxygen atoms in total. The van der Waals surface area contributed by atoms with E-state index in [9.17, 15) is 0 Å². The van der Waals surface area contributed by atoms with E-state index in [1.165, 1.54) is 0 Å². The Balaban J connectivity index is 2.61. The number of pyridine rings is 1. The maximum absolute atomic E-state index is 5.83. The van der Waals surface area contributed by atoms with E-state index in [0.29, 0.717) is 18.3 Å². The van der Waals surface area contributed by atoms with Gasteiger partial charge in [-0.3, -0.25) is 0 Å². The van der Waals surface area contributed by atoms with Crippen molar-refractivity contribution in [2.75, 3.05) is 25.6 Å². The smallest absolute Gasteiger partial charge is 0.143 e. The van der Waals surface area contributed by atoms with Crippen molar-refractivity contribution in [1.82, 2.24) is 4.98 Å². The van der Waals surface area contributed by atoms with Crippen LogP contribution in [0.15, 0.2) is 16.7 Å². The summed E-state index contributed by atoms with van der Waals surface area (Å²) in [5.74, 6) is 0. The Morgan fingerprint density at radius 1 is 1.65 bits per heavy atom. The van der Waals surface area contributed by atoms with E-state index in [4.69, 9.17) is 22.1 Å². The van der Waals surface area contributed by atoms with Crippen LogP contribution >= 0.6 is 27.5 Å². The van der Waals surface area contributed by atoms with Gasteiger partial charge in [-0.05, 0) is 41.4 Å². The highest BCUT2D eigenvalue weighted by molar-refractivity contribution is 9.10. The molecule has 0 fully saturated rings. The fraction of sp³-hybridized carbons (Fsp3) is 0.545. The topological polar surface area (TPSA) is 60.2 Å². The van der Waals surface area contributed by atoms with Crippen LogP contribution in [0.3, 0.4) is 0 Å². The second-order valence-electron chi connectivity index (χ2n) is 3.72. The molecule has 0 aliphatic carbocycles. The first kappa shape index (κ1) is 14.7. The molecule has 0 saturated carbocycles. The summed E-state index contributed by atoms with van der Waals surface area (Å²) >= 11 is 9.18. The van der Waals surface area contributed by atoms with Gasteiger partial charge in [0.2, 0.25) is 0 Å². The average molecular weight is 323 g/mol. The van der Waals surface area contributed by atoms with Crippen molar-refractivity contribution >= 4 is 33.2 Å². The lowest BCUT2D eigenvalue weighted by molar-refractivity contribution is 0.182. The zero-order valence-electron chi connectivity index (χ0n) is 9.75. The minimum Gasteiger partial charge on any atom is -0.383 e. The Morgan fingerprint density at radius 2 is 2.41 bits per heavy atom. The Kier molecular flexibility index (Phi) is 6.80. The van der Waals surface area contributed by atoms with Crippen LogP contribution in [-0.4, -0.2) is 31.3 Å². The van der Waals surface area contributed by atoms with Crippen LogP contribution in [-0.2, 0) is 4.74 Å². The molecule has 0 aliphatic rings. The Labute approximate surface area is 115 Å². The number of anilines is 1. The van der Waals surface area contributed by atoms with Gasteiger partial charge in [-0.1, -0.05) is 11.6 Å². The van der Waals surface area contributed by atoms with Gasteiger partial charge >= 0.3 is 0 Å². The highest BCUT2D eigenvalue weighted by atomic mass is 79.9. The molecule has 0 spiro atoms. The minimum atomic E-state index is 0.235. The summed E-state index contributed by atoms with van der Waals surface area (Å²) in [4.78, 5) is 4.06. The maximum Gasteiger partial charge on any atom is 0.143 e. The van der Waals surface area contributed by atoms with E-state index >= 15 is 0 Å². The van der Waals surface area contributed by atoms with Crippen molar-refractivity contribution < 1.29 is 4.74 Å². The third kappa shape index (κ3) is 5.21. The number of aromatic nitrogens is 1. The number of hydrogen-bond acceptors (Lipinski definition) is 4. The van der Waals surface area contributed by atoms with Crippen molar-refractivity contribution in [3.05, 3.63) is 21.9 Å². The Bertz CT molecular complexity index is 351. The fourth-order valence-electron chi connectivity index (χ4n) is 1.50. The van der Waals surface area contributed by atoms with E-state index in [0.717, 1.165) is 23.0 Å². The zero-order chi connectivity index (χ0) is 12.7. The van der Waals surface area contributed by atoms with Gasteiger partial charge in [0.15, 0.2) is 0 Å². The highest BCUT2D eigenvalue weighted by Gasteiger charge is 2.09. The van der Waals surface area contributed by atoms with Gasteiger partial charge in [0.05, 0.1) is 23.0 Å². The first-order chi connectivity index (χ1) is 8.17. The second-order valence-corrected chi connectivity index (χ2v) is 4.94. The molecule has 1 unspecified atom stereocenters. The van der Waals surface area contributed by atoms with Gasteiger partial charge in [-0.2, -0.15) is 0 Å². The number of nitrogens with one attached hydrogen (secondary N) is 1. The monoisotopic (exact) mass is 321 g/mol. The van der Waals surface area contributed by atoms with Gasteiger partial charge in [-0.25, -0.2) is 4.98 Å². The molecule has 3 N–H and O–H groups in total. The molecule has 1 heterocycles. The Morgan fingerprint density at radius 3 is 3.00 bits per heavy atom. The van der Waals surface area contributed by atoms with Gasteiger partial charge in [-0.15, -0.1) is 0 Å². The lowest BCUT2D eigenvalue weighted by Gasteiger charge is -2.18. The van der Waals surface area contributed by atoms with Crippen molar-refractivity contribution in [2.45, 2.75) is 18.9 Å². The van der Waals surface area contributed by atoms with E-state index in [2.05, 4.69) is 26.2 Å². The molecule has 96 valence electrons. The molecule has 1 rings (SSSR count). The normalized spacial score (nSPS) is 12.5. The van der Waals surface area contributed by atoms with Crippen LogP contribution in [0.4, 0.5) is 5.69 Å². The number of hydrogen-bond donors (Lipinski definition) is 2. The maximum atomic E-state index is 5.83. The second kappa shape index (κ2) is 7.87. The Hall–Kier alpha value is -0.360. The van der Waals surface area contributed by atoms with Crippen LogP contribution in [0.2, 0.25) is 5.15 Å². The molecule has 0 saturated heterocycles. The van der Waals surface area contributed by atoms with Crippen molar-refractivity contribution in [3.63, 3.8) is 0 Å². The summed E-state index contributed by atoms with van der Waals surface area (Å²) in [6.07, 6.45) is 3.63. The van der Waals surface area contributed by atoms with Crippen LogP contribution < -0.4 is 11.1 Å². The number of nitrogens with two attached hydrogens (primary N) is 1. The third-order valence-electron chi connectivity index (χ3n) is 2.29. The van der Waals surface area contributed by atoms with Gasteiger partial charge in [0.25, 0.3) is 0 Å². The molecule has 1 atom stereocenters. The van der Waals surface area contributed by atoms with Gasteiger partial charge in [0.1, 0.15) is 5.15 Å². The summed E-state index contributed by atoms with van der Waals surface area (Å²) in [5, 5.41) is 3.81. The van der Waals surface area contributed by atoms with Crippen LogP contribution in [0.1, 0.15) is 12.8 Å². The summed E-state index contributed by atoms with van der Waals surface area (Å²) in [5.41, 5.74) is 6.42. The molecular formula is C11H17BrClN3O. The quantitative estimate of drug-likeness (QED) is 0.758. The summed E-state index contributed by atoms with van der Waals surface area (Å²) in [7, 11) is 1.69. The number of methoxy groups -OCH3 is 1. The summed E-state index contributed by atoms with van der Waals surface area (Å²) in [6.45, 7) is 1.32. The van der Waals surface area contributed by atoms with Crippen molar-refractivity contribution in [1.29, 1.82) is 0 Å². The lowest BCUT2D eigenvalue weighted by Crippen LogP contribution is -2.25.